The van der Waals surface area contributed by atoms with E-state index < -0.39 is 34.2 Å². The van der Waals surface area contributed by atoms with Gasteiger partial charge < -0.3 is 32.1 Å². The van der Waals surface area contributed by atoms with E-state index in [2.05, 4.69) is 20.4 Å². The number of nitrogens with one attached hydrogen (secondary N) is 1. The van der Waals surface area contributed by atoms with E-state index in [0.717, 1.165) is 11.3 Å². The lowest BCUT2D eigenvalue weighted by Crippen LogP contribution is -2.71. The van der Waals surface area contributed by atoms with Crippen LogP contribution in [-0.4, -0.2) is 71.0 Å². The van der Waals surface area contributed by atoms with E-state index in [1.165, 1.54) is 12.3 Å². The first-order valence-electron chi connectivity index (χ1n) is 9.82. The lowest BCUT2D eigenvalue weighted by Gasteiger charge is -2.42. The van der Waals surface area contributed by atoms with Crippen LogP contribution in [0.1, 0.15) is 12.6 Å². The fourth-order valence-corrected chi connectivity index (χ4v) is 4.42. The molecule has 8 N–H and O–H groups in total. The van der Waals surface area contributed by atoms with Crippen molar-refractivity contribution in [3.05, 3.63) is 35.3 Å². The number of thiazole rings is 1. The molecule has 1 aliphatic heterocycles. The van der Waals surface area contributed by atoms with Crippen molar-refractivity contribution in [2.75, 3.05) is 18.9 Å². The normalized spacial score (nSPS) is 17.9. The summed E-state index contributed by atoms with van der Waals surface area (Å²) in [7, 11) is -4.73. The zero-order chi connectivity index (χ0) is 25.8. The Bertz CT molecular complexity index is 1260. The number of hydrogen-bond acceptors (Lipinski definition) is 11. The standard InChI is InChI=1S/C18H22N8O7S2/c1-9-13(16(28)26(9)35(29,30)31)24-15(27)14(12-8-34-18(21)23-12)25-33-7-6-32-11-4-2-10(3-5-11)22-17(19)20/h2-5,8-9,13H,6-7H2,1H3,(H2,21,23)(H,24,27)(H4,19,20,22)(H,29,30,31)/b25-14-/t9-,13-/m0/s1. The fourth-order valence-electron chi connectivity index (χ4n) is 2.99. The van der Waals surface area contributed by atoms with Gasteiger partial charge >= 0.3 is 10.3 Å². The molecule has 1 aliphatic rings. The largest absolute Gasteiger partial charge is 0.490 e. The third kappa shape index (κ3) is 6.34. The molecule has 1 aromatic carbocycles. The molecule has 2 heterocycles. The number of nitrogens with two attached hydrogens (primary N) is 3. The van der Waals surface area contributed by atoms with E-state index in [-0.39, 0.29) is 40.0 Å². The summed E-state index contributed by atoms with van der Waals surface area (Å²) >= 11 is 1.05. The molecular formula is C18H22N8O7S2. The summed E-state index contributed by atoms with van der Waals surface area (Å²) in [6.07, 6.45) is 0. The summed E-state index contributed by atoms with van der Waals surface area (Å²) in [4.78, 5) is 37.9. The molecule has 0 bridgehead atoms. The minimum absolute atomic E-state index is 0.0542. The van der Waals surface area contributed by atoms with Crippen molar-refractivity contribution in [1.29, 1.82) is 0 Å². The summed E-state index contributed by atoms with van der Waals surface area (Å²) in [6, 6.07) is 4.39. The number of aliphatic imine (C=N–C) groups is 1. The summed E-state index contributed by atoms with van der Waals surface area (Å²) < 4.78 is 37.3. The lowest BCUT2D eigenvalue weighted by molar-refractivity contribution is -0.143. The highest BCUT2D eigenvalue weighted by Gasteiger charge is 2.51. The topological polar surface area (TPSA) is 238 Å². The number of hydrogen-bond donors (Lipinski definition) is 5. The van der Waals surface area contributed by atoms with Crippen LogP contribution in [0.4, 0.5) is 10.8 Å². The minimum Gasteiger partial charge on any atom is -0.490 e. The Morgan fingerprint density at radius 3 is 2.51 bits per heavy atom. The van der Waals surface area contributed by atoms with Crippen LogP contribution >= 0.6 is 11.3 Å². The van der Waals surface area contributed by atoms with Crippen LogP contribution < -0.4 is 27.3 Å². The first-order valence-corrected chi connectivity index (χ1v) is 12.1. The number of benzene rings is 1. The number of guanidine groups is 1. The quantitative estimate of drug-likeness (QED) is 0.0624. The minimum atomic E-state index is -4.73. The Morgan fingerprint density at radius 1 is 1.29 bits per heavy atom. The molecule has 35 heavy (non-hydrogen) atoms. The maximum atomic E-state index is 12.8. The average Bonchev–Trinajstić information content (AvgIpc) is 3.20. The highest BCUT2D eigenvalue weighted by Crippen LogP contribution is 2.23. The number of aromatic nitrogens is 1. The molecule has 0 unspecified atom stereocenters. The lowest BCUT2D eigenvalue weighted by atomic mass is 10.0. The van der Waals surface area contributed by atoms with E-state index in [1.54, 1.807) is 24.3 Å². The number of carbonyl (C=O) groups excluding carboxylic acids is 2. The first-order chi connectivity index (χ1) is 16.5. The van der Waals surface area contributed by atoms with Gasteiger partial charge in [-0.25, -0.2) is 14.3 Å². The second-order valence-electron chi connectivity index (χ2n) is 7.03. The Kier molecular flexibility index (Phi) is 7.72. The molecule has 0 saturated carbocycles. The molecule has 2 aromatic rings. The number of amides is 2. The van der Waals surface area contributed by atoms with Crippen LogP contribution in [0.2, 0.25) is 0 Å². The van der Waals surface area contributed by atoms with Gasteiger partial charge in [-0.15, -0.1) is 11.3 Å². The molecule has 2 atom stereocenters. The third-order valence-electron chi connectivity index (χ3n) is 4.54. The Balaban J connectivity index is 1.60. The molecule has 3 rings (SSSR count). The zero-order valence-electron chi connectivity index (χ0n) is 18.2. The van der Waals surface area contributed by atoms with Gasteiger partial charge in [0.2, 0.25) is 0 Å². The SMILES string of the molecule is C[C@H]1[C@H](NC(=O)/C(=N\OCCOc2ccc(N=C(N)N)cc2)c2csc(N)n2)C(=O)N1S(=O)(=O)O. The molecule has 0 spiro atoms. The smallest absolute Gasteiger partial charge is 0.362 e. The number of ether oxygens (including phenoxy) is 1. The Labute approximate surface area is 203 Å². The highest BCUT2D eigenvalue weighted by molar-refractivity contribution is 7.84. The van der Waals surface area contributed by atoms with Gasteiger partial charge in [0, 0.05) is 5.38 Å². The van der Waals surface area contributed by atoms with Gasteiger partial charge in [0.1, 0.15) is 24.1 Å². The third-order valence-corrected chi connectivity index (χ3v) is 6.23. The number of anilines is 1. The number of oxime groups is 1. The van der Waals surface area contributed by atoms with Gasteiger partial charge in [0.15, 0.2) is 23.4 Å². The summed E-state index contributed by atoms with van der Waals surface area (Å²) in [5.74, 6) is -1.41. The van der Waals surface area contributed by atoms with Crippen molar-refractivity contribution < 1.29 is 32.1 Å². The van der Waals surface area contributed by atoms with Gasteiger partial charge in [-0.05, 0) is 31.2 Å². The van der Waals surface area contributed by atoms with Crippen molar-refractivity contribution in [3.8, 4) is 5.75 Å². The Hall–Kier alpha value is -3.96. The molecule has 0 radical (unpaired) electrons. The van der Waals surface area contributed by atoms with Crippen molar-refractivity contribution in [1.82, 2.24) is 14.6 Å². The van der Waals surface area contributed by atoms with E-state index >= 15 is 0 Å². The summed E-state index contributed by atoms with van der Waals surface area (Å²) in [5, 5.41) is 7.77. The number of β-lactam (4-membered cyclic amide) rings is 1. The fraction of sp³-hybridized carbons (Fsp3) is 0.278. The molecule has 1 fully saturated rings. The van der Waals surface area contributed by atoms with Crippen molar-refractivity contribution in [2.45, 2.75) is 19.0 Å². The summed E-state index contributed by atoms with van der Waals surface area (Å²) in [6.45, 7) is 1.36. The number of carbonyl (C=O) groups is 2. The molecular weight excluding hydrogens is 504 g/mol. The van der Waals surface area contributed by atoms with Crippen molar-refractivity contribution in [3.63, 3.8) is 0 Å². The van der Waals surface area contributed by atoms with E-state index in [1.807, 2.05) is 0 Å². The van der Waals surface area contributed by atoms with Crippen molar-refractivity contribution in [2.24, 2.45) is 21.6 Å². The predicted octanol–water partition coefficient (Wildman–Crippen LogP) is -1.05. The van der Waals surface area contributed by atoms with E-state index in [0.29, 0.717) is 11.4 Å². The van der Waals surface area contributed by atoms with Crippen LogP contribution in [0.15, 0.2) is 39.8 Å². The van der Waals surface area contributed by atoms with Gasteiger partial charge in [-0.2, -0.15) is 8.42 Å². The van der Waals surface area contributed by atoms with Crippen LogP contribution in [0, 0.1) is 0 Å². The second-order valence-corrected chi connectivity index (χ2v) is 9.21. The monoisotopic (exact) mass is 526 g/mol. The average molecular weight is 527 g/mol. The van der Waals surface area contributed by atoms with Gasteiger partial charge in [-0.3, -0.25) is 14.1 Å². The second kappa shape index (κ2) is 10.5. The molecule has 188 valence electrons. The maximum absolute atomic E-state index is 12.8. The Morgan fingerprint density at radius 2 is 1.97 bits per heavy atom. The molecule has 1 saturated heterocycles. The first kappa shape index (κ1) is 25.7. The van der Waals surface area contributed by atoms with E-state index in [9.17, 15) is 18.0 Å². The van der Waals surface area contributed by atoms with Gasteiger partial charge in [0.05, 0.1) is 11.7 Å². The van der Waals surface area contributed by atoms with Crippen LogP contribution in [0.25, 0.3) is 0 Å². The molecule has 1 aromatic heterocycles. The number of rotatable bonds is 10. The predicted molar refractivity (Wildman–Crippen MR) is 126 cm³/mol. The van der Waals surface area contributed by atoms with Crippen LogP contribution in [0.5, 0.6) is 5.75 Å². The molecule has 15 nitrogen and oxygen atoms in total. The number of nitrogens with zero attached hydrogens (tertiary/aromatic N) is 4. The number of nitrogen functional groups attached to an aromatic ring is 1. The molecule has 0 aliphatic carbocycles. The van der Waals surface area contributed by atoms with Crippen LogP contribution in [-0.2, 0) is 24.7 Å². The zero-order valence-corrected chi connectivity index (χ0v) is 19.8. The van der Waals surface area contributed by atoms with Gasteiger partial charge in [-0.1, -0.05) is 5.16 Å². The van der Waals surface area contributed by atoms with E-state index in [4.69, 9.17) is 31.3 Å². The molecule has 2 amide bonds. The maximum Gasteiger partial charge on any atom is 0.362 e. The highest BCUT2D eigenvalue weighted by atomic mass is 32.2. The van der Waals surface area contributed by atoms with Crippen molar-refractivity contribution >= 4 is 55.9 Å². The summed E-state index contributed by atoms with van der Waals surface area (Å²) in [5.41, 5.74) is 16.6. The van der Waals surface area contributed by atoms with Crippen LogP contribution in [0.3, 0.4) is 0 Å². The van der Waals surface area contributed by atoms with Gasteiger partial charge in [0.25, 0.3) is 11.8 Å². The molecule has 17 heteroatoms.